The molecule has 0 aliphatic carbocycles. The van der Waals surface area contributed by atoms with Gasteiger partial charge in [0, 0.05) is 17.1 Å². The van der Waals surface area contributed by atoms with Gasteiger partial charge in [0.15, 0.2) is 0 Å². The van der Waals surface area contributed by atoms with Gasteiger partial charge in [0.25, 0.3) is 0 Å². The quantitative estimate of drug-likeness (QED) is 0.909. The van der Waals surface area contributed by atoms with Crippen molar-refractivity contribution >= 4 is 11.3 Å². The topological polar surface area (TPSA) is 28.2 Å². The van der Waals surface area contributed by atoms with Crippen LogP contribution < -0.4 is 5.32 Å². The van der Waals surface area contributed by atoms with E-state index in [4.69, 9.17) is 0 Å². The molecule has 1 N–H and O–H groups in total. The molecule has 0 spiro atoms. The molecule has 1 aromatic rings. The summed E-state index contributed by atoms with van der Waals surface area (Å²) in [7, 11) is 2.22. The molecule has 4 heteroatoms. The standard InChI is InChI=1S/C14H25N3S/c1-10-9-15-14(18-10)12(3)16-11(2)13-5-7-17(4)8-6-13/h9,11-13,16H,5-8H2,1-4H3. The number of hydrogen-bond donors (Lipinski definition) is 1. The lowest BCUT2D eigenvalue weighted by atomic mass is 9.90. The van der Waals surface area contributed by atoms with E-state index in [-0.39, 0.29) is 0 Å². The van der Waals surface area contributed by atoms with Crippen LogP contribution in [-0.4, -0.2) is 36.1 Å². The molecule has 2 heterocycles. The van der Waals surface area contributed by atoms with Gasteiger partial charge in [0.1, 0.15) is 5.01 Å². The van der Waals surface area contributed by atoms with E-state index in [1.165, 1.54) is 35.8 Å². The molecule has 0 aromatic carbocycles. The summed E-state index contributed by atoms with van der Waals surface area (Å²) in [4.78, 5) is 8.20. The third kappa shape index (κ3) is 3.53. The van der Waals surface area contributed by atoms with Gasteiger partial charge in [-0.3, -0.25) is 0 Å². The highest BCUT2D eigenvalue weighted by Crippen LogP contribution is 2.24. The van der Waals surface area contributed by atoms with Crippen LogP contribution >= 0.6 is 11.3 Å². The molecule has 102 valence electrons. The molecule has 2 unspecified atom stereocenters. The van der Waals surface area contributed by atoms with E-state index < -0.39 is 0 Å². The molecule has 0 bridgehead atoms. The Kier molecular flexibility index (Phi) is 4.76. The van der Waals surface area contributed by atoms with Gasteiger partial charge in [-0.15, -0.1) is 11.3 Å². The van der Waals surface area contributed by atoms with E-state index in [0.717, 1.165) is 5.92 Å². The molecule has 0 amide bonds. The Morgan fingerprint density at radius 1 is 1.39 bits per heavy atom. The Morgan fingerprint density at radius 2 is 2.06 bits per heavy atom. The van der Waals surface area contributed by atoms with Crippen LogP contribution in [0.3, 0.4) is 0 Å². The van der Waals surface area contributed by atoms with E-state index in [1.54, 1.807) is 11.3 Å². The van der Waals surface area contributed by atoms with Crippen LogP contribution in [0.1, 0.15) is 42.6 Å². The van der Waals surface area contributed by atoms with Crippen molar-refractivity contribution in [2.45, 2.75) is 45.7 Å². The minimum atomic E-state index is 0.373. The molecular formula is C14H25N3S. The van der Waals surface area contributed by atoms with Crippen LogP contribution in [0.2, 0.25) is 0 Å². The van der Waals surface area contributed by atoms with E-state index in [9.17, 15) is 0 Å². The van der Waals surface area contributed by atoms with Crippen LogP contribution in [0.4, 0.5) is 0 Å². The summed E-state index contributed by atoms with van der Waals surface area (Å²) in [5.74, 6) is 0.810. The highest BCUT2D eigenvalue weighted by Gasteiger charge is 2.23. The first-order chi connectivity index (χ1) is 8.56. The van der Waals surface area contributed by atoms with E-state index >= 15 is 0 Å². The number of likely N-dealkylation sites (tertiary alicyclic amines) is 1. The molecule has 0 radical (unpaired) electrons. The molecule has 1 aliphatic heterocycles. The minimum Gasteiger partial charge on any atom is -0.306 e. The first-order valence-corrected chi connectivity index (χ1v) is 7.75. The molecule has 18 heavy (non-hydrogen) atoms. The van der Waals surface area contributed by atoms with Gasteiger partial charge in [-0.2, -0.15) is 0 Å². The predicted molar refractivity (Wildman–Crippen MR) is 78.1 cm³/mol. The van der Waals surface area contributed by atoms with E-state index in [0.29, 0.717) is 12.1 Å². The Balaban J connectivity index is 1.85. The number of thiazole rings is 1. The first-order valence-electron chi connectivity index (χ1n) is 6.93. The van der Waals surface area contributed by atoms with Crippen LogP contribution in [-0.2, 0) is 0 Å². The Bertz CT molecular complexity index is 369. The molecule has 2 rings (SSSR count). The summed E-state index contributed by atoms with van der Waals surface area (Å²) >= 11 is 1.80. The second-order valence-corrected chi connectivity index (χ2v) is 6.89. The van der Waals surface area contributed by atoms with Crippen molar-refractivity contribution in [3.05, 3.63) is 16.1 Å². The van der Waals surface area contributed by atoms with Crippen molar-refractivity contribution in [1.82, 2.24) is 15.2 Å². The average Bonchev–Trinajstić information content (AvgIpc) is 2.76. The third-order valence-electron chi connectivity index (χ3n) is 3.99. The van der Waals surface area contributed by atoms with Gasteiger partial charge in [-0.1, -0.05) is 0 Å². The monoisotopic (exact) mass is 267 g/mol. The molecular weight excluding hydrogens is 242 g/mol. The van der Waals surface area contributed by atoms with E-state index in [2.05, 4.69) is 43.0 Å². The van der Waals surface area contributed by atoms with Gasteiger partial charge in [0.2, 0.25) is 0 Å². The summed E-state index contributed by atoms with van der Waals surface area (Å²) in [6, 6.07) is 0.955. The number of nitrogens with one attached hydrogen (secondary N) is 1. The number of rotatable bonds is 4. The largest absolute Gasteiger partial charge is 0.306 e. The third-order valence-corrected chi connectivity index (χ3v) is 5.09. The van der Waals surface area contributed by atoms with Crippen molar-refractivity contribution in [1.29, 1.82) is 0 Å². The van der Waals surface area contributed by atoms with Crippen LogP contribution in [0, 0.1) is 12.8 Å². The summed E-state index contributed by atoms with van der Waals surface area (Å²) in [6.45, 7) is 9.15. The zero-order valence-electron chi connectivity index (χ0n) is 11.9. The molecule has 1 fully saturated rings. The van der Waals surface area contributed by atoms with Crippen LogP contribution in [0.25, 0.3) is 0 Å². The SMILES string of the molecule is Cc1cnc(C(C)NC(C)C2CCN(C)CC2)s1. The molecule has 1 saturated heterocycles. The Morgan fingerprint density at radius 3 is 2.61 bits per heavy atom. The number of aromatic nitrogens is 1. The highest BCUT2D eigenvalue weighted by atomic mass is 32.1. The molecule has 2 atom stereocenters. The van der Waals surface area contributed by atoms with Crippen LogP contribution in [0.15, 0.2) is 6.20 Å². The smallest absolute Gasteiger partial charge is 0.109 e. The summed E-state index contributed by atoms with van der Waals surface area (Å²) in [5, 5.41) is 4.94. The van der Waals surface area contributed by atoms with Gasteiger partial charge in [-0.05, 0) is 59.7 Å². The van der Waals surface area contributed by atoms with Gasteiger partial charge in [-0.25, -0.2) is 4.98 Å². The lowest BCUT2D eigenvalue weighted by Crippen LogP contribution is -2.41. The summed E-state index contributed by atoms with van der Waals surface area (Å²) < 4.78 is 0. The zero-order valence-corrected chi connectivity index (χ0v) is 12.8. The fourth-order valence-electron chi connectivity index (χ4n) is 2.70. The number of aryl methyl sites for hydroxylation is 1. The van der Waals surface area contributed by atoms with Crippen molar-refractivity contribution in [2.75, 3.05) is 20.1 Å². The normalized spacial score (nSPS) is 22.0. The number of hydrogen-bond acceptors (Lipinski definition) is 4. The lowest BCUT2D eigenvalue weighted by Gasteiger charge is -2.34. The fourth-order valence-corrected chi connectivity index (χ4v) is 3.49. The summed E-state index contributed by atoms with van der Waals surface area (Å²) in [5.41, 5.74) is 0. The minimum absolute atomic E-state index is 0.373. The van der Waals surface area contributed by atoms with Gasteiger partial charge >= 0.3 is 0 Å². The van der Waals surface area contributed by atoms with Crippen molar-refractivity contribution < 1.29 is 0 Å². The molecule has 1 aromatic heterocycles. The maximum absolute atomic E-state index is 4.47. The lowest BCUT2D eigenvalue weighted by molar-refractivity contribution is 0.185. The number of piperidine rings is 1. The Labute approximate surface area is 115 Å². The maximum atomic E-state index is 4.47. The number of nitrogens with zero attached hydrogens (tertiary/aromatic N) is 2. The maximum Gasteiger partial charge on any atom is 0.109 e. The van der Waals surface area contributed by atoms with E-state index in [1.807, 2.05) is 6.20 Å². The molecule has 3 nitrogen and oxygen atoms in total. The van der Waals surface area contributed by atoms with Gasteiger partial charge < -0.3 is 10.2 Å². The second-order valence-electron chi connectivity index (χ2n) is 5.63. The van der Waals surface area contributed by atoms with Crippen molar-refractivity contribution in [2.24, 2.45) is 5.92 Å². The van der Waals surface area contributed by atoms with Gasteiger partial charge in [0.05, 0.1) is 6.04 Å². The van der Waals surface area contributed by atoms with Crippen LogP contribution in [0.5, 0.6) is 0 Å². The molecule has 1 aliphatic rings. The first kappa shape index (κ1) is 14.0. The second kappa shape index (κ2) is 6.13. The Hall–Kier alpha value is -0.450. The van der Waals surface area contributed by atoms with Crippen molar-refractivity contribution in [3.8, 4) is 0 Å². The fraction of sp³-hybridized carbons (Fsp3) is 0.786. The molecule has 0 saturated carbocycles. The predicted octanol–water partition coefficient (Wildman–Crippen LogP) is 2.83. The van der Waals surface area contributed by atoms with Crippen molar-refractivity contribution in [3.63, 3.8) is 0 Å². The summed E-state index contributed by atoms with van der Waals surface area (Å²) in [6.07, 6.45) is 4.60. The highest BCUT2D eigenvalue weighted by molar-refractivity contribution is 7.11. The average molecular weight is 267 g/mol. The zero-order chi connectivity index (χ0) is 13.1.